The normalized spacial score (nSPS) is 16.2. The molecule has 120 valence electrons. The number of aromatic nitrogens is 5. The van der Waals surface area contributed by atoms with Crippen LogP contribution in [0.5, 0.6) is 0 Å². The Bertz CT molecular complexity index is 887. The molecule has 0 radical (unpaired) electrons. The lowest BCUT2D eigenvalue weighted by Crippen LogP contribution is -2.28. The molecule has 4 rings (SSSR count). The number of nitrogens with one attached hydrogen (secondary N) is 2. The van der Waals surface area contributed by atoms with E-state index < -0.39 is 0 Å². The number of piperidine rings is 1. The monoisotopic (exact) mass is 314 g/mol. The minimum absolute atomic E-state index is 0.136. The SMILES string of the molecule is CCc1noc(-c2cnn3c(C4CCNCC4)cc(=O)[nH]c23)n1. The van der Waals surface area contributed by atoms with E-state index in [0.717, 1.165) is 31.6 Å². The van der Waals surface area contributed by atoms with E-state index in [2.05, 4.69) is 25.5 Å². The van der Waals surface area contributed by atoms with Crippen LogP contribution in [0.2, 0.25) is 0 Å². The fourth-order valence-corrected chi connectivity index (χ4v) is 3.08. The molecule has 0 aromatic carbocycles. The van der Waals surface area contributed by atoms with Crippen molar-refractivity contribution in [3.05, 3.63) is 34.1 Å². The van der Waals surface area contributed by atoms with Crippen molar-refractivity contribution in [2.24, 2.45) is 0 Å². The second kappa shape index (κ2) is 5.62. The highest BCUT2D eigenvalue weighted by Gasteiger charge is 2.22. The molecular formula is C15H18N6O2. The Morgan fingerprint density at radius 3 is 2.96 bits per heavy atom. The minimum atomic E-state index is -0.136. The van der Waals surface area contributed by atoms with Crippen molar-refractivity contribution in [1.29, 1.82) is 0 Å². The summed E-state index contributed by atoms with van der Waals surface area (Å²) in [6.07, 6.45) is 4.35. The van der Waals surface area contributed by atoms with Crippen molar-refractivity contribution in [3.8, 4) is 11.5 Å². The third-order valence-corrected chi connectivity index (χ3v) is 4.31. The van der Waals surface area contributed by atoms with Gasteiger partial charge in [0.1, 0.15) is 11.2 Å². The van der Waals surface area contributed by atoms with E-state index in [-0.39, 0.29) is 5.56 Å². The Balaban J connectivity index is 1.85. The minimum Gasteiger partial charge on any atom is -0.334 e. The molecule has 0 saturated carbocycles. The zero-order valence-corrected chi connectivity index (χ0v) is 12.9. The van der Waals surface area contributed by atoms with E-state index in [1.165, 1.54) is 0 Å². The first kappa shape index (κ1) is 14.1. The van der Waals surface area contributed by atoms with Gasteiger partial charge >= 0.3 is 0 Å². The molecule has 3 aromatic heterocycles. The van der Waals surface area contributed by atoms with Gasteiger partial charge in [0.05, 0.1) is 11.9 Å². The van der Waals surface area contributed by atoms with Gasteiger partial charge in [-0.15, -0.1) is 0 Å². The maximum Gasteiger partial charge on any atom is 0.263 e. The van der Waals surface area contributed by atoms with Gasteiger partial charge in [0.2, 0.25) is 0 Å². The summed E-state index contributed by atoms with van der Waals surface area (Å²) in [6, 6.07) is 1.64. The molecule has 2 N–H and O–H groups in total. The van der Waals surface area contributed by atoms with Crippen LogP contribution in [0.1, 0.15) is 37.2 Å². The van der Waals surface area contributed by atoms with Crippen LogP contribution >= 0.6 is 0 Å². The molecule has 1 fully saturated rings. The predicted molar refractivity (Wildman–Crippen MR) is 83.3 cm³/mol. The molecule has 1 saturated heterocycles. The maximum absolute atomic E-state index is 12.1. The highest BCUT2D eigenvalue weighted by atomic mass is 16.5. The quantitative estimate of drug-likeness (QED) is 0.751. The van der Waals surface area contributed by atoms with Crippen molar-refractivity contribution in [1.82, 2.24) is 30.1 Å². The van der Waals surface area contributed by atoms with E-state index in [4.69, 9.17) is 4.52 Å². The summed E-state index contributed by atoms with van der Waals surface area (Å²) in [7, 11) is 0. The Hall–Kier alpha value is -2.48. The van der Waals surface area contributed by atoms with E-state index in [9.17, 15) is 4.79 Å². The summed E-state index contributed by atoms with van der Waals surface area (Å²) in [5, 5.41) is 11.7. The standard InChI is InChI=1S/C15H18N6O2/c1-2-12-18-15(23-20-12)10-8-17-21-11(7-13(22)19-14(10)21)9-3-5-16-6-4-9/h7-9,16H,2-6H2,1H3,(H,19,22). The van der Waals surface area contributed by atoms with Crippen LogP contribution in [-0.4, -0.2) is 37.8 Å². The Morgan fingerprint density at radius 2 is 2.22 bits per heavy atom. The van der Waals surface area contributed by atoms with Crippen molar-refractivity contribution >= 4 is 5.65 Å². The first-order valence-electron chi connectivity index (χ1n) is 7.91. The van der Waals surface area contributed by atoms with E-state index in [1.807, 2.05) is 6.92 Å². The van der Waals surface area contributed by atoms with Crippen LogP contribution in [0.4, 0.5) is 0 Å². The van der Waals surface area contributed by atoms with Crippen molar-refractivity contribution in [2.45, 2.75) is 32.1 Å². The van der Waals surface area contributed by atoms with E-state index >= 15 is 0 Å². The van der Waals surface area contributed by atoms with E-state index in [1.54, 1.807) is 16.8 Å². The lowest BCUT2D eigenvalue weighted by Gasteiger charge is -2.23. The fourth-order valence-electron chi connectivity index (χ4n) is 3.08. The Morgan fingerprint density at radius 1 is 1.39 bits per heavy atom. The lowest BCUT2D eigenvalue weighted by atomic mass is 9.94. The van der Waals surface area contributed by atoms with Crippen molar-refractivity contribution in [2.75, 3.05) is 13.1 Å². The van der Waals surface area contributed by atoms with Gasteiger partial charge in [-0.3, -0.25) is 4.79 Å². The molecule has 0 amide bonds. The second-order valence-corrected chi connectivity index (χ2v) is 5.77. The topological polar surface area (TPSA) is 101 Å². The average Bonchev–Trinajstić information content (AvgIpc) is 3.21. The molecule has 0 unspecified atom stereocenters. The van der Waals surface area contributed by atoms with Gasteiger partial charge in [-0.25, -0.2) is 4.52 Å². The highest BCUT2D eigenvalue weighted by Crippen LogP contribution is 2.27. The molecule has 0 spiro atoms. The number of nitrogens with zero attached hydrogens (tertiary/aromatic N) is 4. The Kier molecular flexibility index (Phi) is 3.45. The van der Waals surface area contributed by atoms with Crippen LogP contribution in [0.25, 0.3) is 17.1 Å². The molecule has 0 aliphatic carbocycles. The lowest BCUT2D eigenvalue weighted by molar-refractivity contribution is 0.423. The van der Waals surface area contributed by atoms with Gasteiger partial charge in [0.15, 0.2) is 5.82 Å². The van der Waals surface area contributed by atoms with Gasteiger partial charge in [-0.05, 0) is 25.9 Å². The molecule has 8 nitrogen and oxygen atoms in total. The highest BCUT2D eigenvalue weighted by molar-refractivity contribution is 5.71. The Labute approximate surface area is 131 Å². The third kappa shape index (κ3) is 2.44. The maximum atomic E-state index is 12.1. The first-order valence-corrected chi connectivity index (χ1v) is 7.91. The molecule has 1 aliphatic heterocycles. The summed E-state index contributed by atoms with van der Waals surface area (Å²) in [4.78, 5) is 19.3. The number of H-pyrrole nitrogens is 1. The summed E-state index contributed by atoms with van der Waals surface area (Å²) >= 11 is 0. The van der Waals surface area contributed by atoms with Gasteiger partial charge < -0.3 is 14.8 Å². The molecule has 0 atom stereocenters. The van der Waals surface area contributed by atoms with Crippen molar-refractivity contribution < 1.29 is 4.52 Å². The number of aromatic amines is 1. The van der Waals surface area contributed by atoms with E-state index in [0.29, 0.717) is 35.3 Å². The van der Waals surface area contributed by atoms with Gasteiger partial charge in [0, 0.05) is 18.4 Å². The summed E-state index contributed by atoms with van der Waals surface area (Å²) in [5.41, 5.74) is 2.07. The second-order valence-electron chi connectivity index (χ2n) is 5.77. The van der Waals surface area contributed by atoms with Crippen LogP contribution in [0.15, 0.2) is 21.6 Å². The predicted octanol–water partition coefficient (Wildman–Crippen LogP) is 1.10. The zero-order chi connectivity index (χ0) is 15.8. The molecule has 1 aliphatic rings. The van der Waals surface area contributed by atoms with Gasteiger partial charge in [0.25, 0.3) is 11.4 Å². The number of fused-ring (bicyclic) bond motifs is 1. The third-order valence-electron chi connectivity index (χ3n) is 4.31. The molecular weight excluding hydrogens is 296 g/mol. The van der Waals surface area contributed by atoms with Gasteiger partial charge in [-0.1, -0.05) is 12.1 Å². The molecule has 0 bridgehead atoms. The first-order chi connectivity index (χ1) is 11.3. The van der Waals surface area contributed by atoms with Gasteiger partial charge in [-0.2, -0.15) is 10.1 Å². The average molecular weight is 314 g/mol. The molecule has 23 heavy (non-hydrogen) atoms. The molecule has 8 heteroatoms. The number of hydrogen-bond acceptors (Lipinski definition) is 6. The zero-order valence-electron chi connectivity index (χ0n) is 12.9. The van der Waals surface area contributed by atoms with Crippen LogP contribution in [-0.2, 0) is 6.42 Å². The molecule has 4 heterocycles. The fraction of sp³-hybridized carbons (Fsp3) is 0.467. The number of rotatable bonds is 3. The summed E-state index contributed by atoms with van der Waals surface area (Å²) in [6.45, 7) is 3.87. The summed E-state index contributed by atoms with van der Waals surface area (Å²) in [5.74, 6) is 1.34. The number of aryl methyl sites for hydroxylation is 1. The number of hydrogen-bond donors (Lipinski definition) is 2. The molecule has 3 aromatic rings. The smallest absolute Gasteiger partial charge is 0.263 e. The van der Waals surface area contributed by atoms with Crippen LogP contribution < -0.4 is 10.9 Å². The van der Waals surface area contributed by atoms with Crippen LogP contribution in [0, 0.1) is 0 Å². The van der Waals surface area contributed by atoms with Crippen LogP contribution in [0.3, 0.4) is 0 Å². The largest absolute Gasteiger partial charge is 0.334 e. The van der Waals surface area contributed by atoms with Crippen molar-refractivity contribution in [3.63, 3.8) is 0 Å². The summed E-state index contributed by atoms with van der Waals surface area (Å²) < 4.78 is 7.08.